The third kappa shape index (κ3) is 5.29. The predicted octanol–water partition coefficient (Wildman–Crippen LogP) is 7.76. The van der Waals surface area contributed by atoms with E-state index < -0.39 is 35.3 Å². The Morgan fingerprint density at radius 1 is 0.950 bits per heavy atom. The van der Waals surface area contributed by atoms with Gasteiger partial charge in [-0.2, -0.15) is 13.2 Å². The van der Waals surface area contributed by atoms with Crippen molar-refractivity contribution in [3.8, 4) is 22.5 Å². The van der Waals surface area contributed by atoms with Gasteiger partial charge in [-0.15, -0.1) is 0 Å². The number of alkyl halides is 3. The van der Waals surface area contributed by atoms with E-state index in [9.17, 15) is 27.9 Å². The van der Waals surface area contributed by atoms with Crippen molar-refractivity contribution in [1.29, 1.82) is 0 Å². The Morgan fingerprint density at radius 2 is 1.50 bits per heavy atom. The van der Waals surface area contributed by atoms with E-state index in [1.54, 1.807) is 13.8 Å². The second-order valence-electron chi connectivity index (χ2n) is 9.81. The SMILES string of the molecule is Cc1noc(-c2ccc(-c3ccc(C4(C(=O)O)CC4)cc3)cc2)c1NC(=O)OC(C)c1ccc(C(F)(F)F)cc1. The van der Waals surface area contributed by atoms with E-state index >= 15 is 0 Å². The Labute approximate surface area is 227 Å². The number of anilines is 1. The lowest BCUT2D eigenvalue weighted by Crippen LogP contribution is -2.19. The molecule has 0 aliphatic heterocycles. The lowest BCUT2D eigenvalue weighted by Gasteiger charge is -2.15. The Balaban J connectivity index is 1.27. The van der Waals surface area contributed by atoms with Crippen molar-refractivity contribution < 1.29 is 37.1 Å². The van der Waals surface area contributed by atoms with Crippen molar-refractivity contribution in [3.05, 3.63) is 95.2 Å². The number of carbonyl (C=O) groups is 2. The first-order valence-corrected chi connectivity index (χ1v) is 12.5. The molecule has 2 N–H and O–H groups in total. The fourth-order valence-corrected chi connectivity index (χ4v) is 4.56. The number of aryl methyl sites for hydroxylation is 1. The number of aromatic nitrogens is 1. The second-order valence-corrected chi connectivity index (χ2v) is 9.81. The first-order valence-electron chi connectivity index (χ1n) is 12.5. The van der Waals surface area contributed by atoms with Crippen molar-refractivity contribution in [1.82, 2.24) is 5.16 Å². The van der Waals surface area contributed by atoms with E-state index in [0.717, 1.165) is 28.8 Å². The normalized spacial score (nSPS) is 14.8. The van der Waals surface area contributed by atoms with Crippen LogP contribution < -0.4 is 5.32 Å². The molecule has 1 unspecified atom stereocenters. The van der Waals surface area contributed by atoms with Gasteiger partial charge < -0.3 is 14.4 Å². The zero-order chi connectivity index (χ0) is 28.7. The fraction of sp³-hybridized carbons (Fsp3) is 0.233. The van der Waals surface area contributed by atoms with Crippen molar-refractivity contribution in [2.45, 2.75) is 44.4 Å². The maximum Gasteiger partial charge on any atom is 0.416 e. The van der Waals surface area contributed by atoms with Crippen LogP contribution in [0, 0.1) is 6.92 Å². The molecule has 1 fully saturated rings. The van der Waals surface area contributed by atoms with Crippen LogP contribution in [0.5, 0.6) is 0 Å². The summed E-state index contributed by atoms with van der Waals surface area (Å²) < 4.78 is 49.3. The minimum Gasteiger partial charge on any atom is -0.481 e. The molecule has 5 rings (SSSR count). The summed E-state index contributed by atoms with van der Waals surface area (Å²) in [6.45, 7) is 3.21. The number of carboxylic acids is 1. The van der Waals surface area contributed by atoms with Gasteiger partial charge in [-0.05, 0) is 61.1 Å². The largest absolute Gasteiger partial charge is 0.481 e. The highest BCUT2D eigenvalue weighted by molar-refractivity contribution is 5.91. The van der Waals surface area contributed by atoms with Crippen LogP contribution >= 0.6 is 0 Å². The zero-order valence-electron chi connectivity index (χ0n) is 21.6. The van der Waals surface area contributed by atoms with Crippen LogP contribution in [-0.2, 0) is 21.1 Å². The van der Waals surface area contributed by atoms with E-state index in [1.807, 2.05) is 48.5 Å². The van der Waals surface area contributed by atoms with Crippen LogP contribution in [0.4, 0.5) is 23.7 Å². The number of ether oxygens (including phenoxy) is 1. The summed E-state index contributed by atoms with van der Waals surface area (Å²) in [6, 6.07) is 19.3. The van der Waals surface area contributed by atoms with Gasteiger partial charge in [-0.3, -0.25) is 10.1 Å². The molecule has 0 bridgehead atoms. The number of carboxylic acid groups (broad SMARTS) is 1. The predicted molar refractivity (Wildman–Crippen MR) is 141 cm³/mol. The molecule has 40 heavy (non-hydrogen) atoms. The average Bonchev–Trinajstić information content (AvgIpc) is 3.68. The minimum absolute atomic E-state index is 0.310. The molecule has 3 aromatic carbocycles. The quantitative estimate of drug-likeness (QED) is 0.244. The molecule has 0 saturated heterocycles. The number of aliphatic carboxylic acids is 1. The molecule has 206 valence electrons. The van der Waals surface area contributed by atoms with Crippen LogP contribution in [0.25, 0.3) is 22.5 Å². The van der Waals surface area contributed by atoms with E-state index in [-0.39, 0.29) is 0 Å². The number of amides is 1. The summed E-state index contributed by atoms with van der Waals surface area (Å²) >= 11 is 0. The summed E-state index contributed by atoms with van der Waals surface area (Å²) in [5.41, 5.74) is 2.87. The molecule has 1 saturated carbocycles. The molecule has 1 aliphatic carbocycles. The molecule has 4 aromatic rings. The van der Waals surface area contributed by atoms with E-state index in [2.05, 4.69) is 10.5 Å². The summed E-state index contributed by atoms with van der Waals surface area (Å²) in [5.74, 6) is -0.482. The first kappa shape index (κ1) is 27.0. The molecule has 0 spiro atoms. The molecule has 1 aromatic heterocycles. The number of hydrogen-bond donors (Lipinski definition) is 2. The average molecular weight is 551 g/mol. The van der Waals surface area contributed by atoms with Gasteiger partial charge in [-0.25, -0.2) is 4.79 Å². The van der Waals surface area contributed by atoms with Gasteiger partial charge in [0.15, 0.2) is 5.76 Å². The number of nitrogens with zero attached hydrogens (tertiary/aromatic N) is 1. The van der Waals surface area contributed by atoms with Crippen LogP contribution in [0.1, 0.15) is 48.3 Å². The van der Waals surface area contributed by atoms with Crippen molar-refractivity contribution in [2.75, 3.05) is 5.32 Å². The van der Waals surface area contributed by atoms with Gasteiger partial charge in [0.25, 0.3) is 0 Å². The van der Waals surface area contributed by atoms with Crippen LogP contribution in [0.3, 0.4) is 0 Å². The third-order valence-corrected chi connectivity index (χ3v) is 7.16. The van der Waals surface area contributed by atoms with Crippen LogP contribution in [0.2, 0.25) is 0 Å². The van der Waals surface area contributed by atoms with Crippen molar-refractivity contribution in [3.63, 3.8) is 0 Å². The molecule has 1 amide bonds. The number of rotatable bonds is 7. The van der Waals surface area contributed by atoms with E-state index in [0.29, 0.717) is 41.1 Å². The molecule has 1 heterocycles. The number of hydrogen-bond acceptors (Lipinski definition) is 5. The second kappa shape index (κ2) is 10.2. The Morgan fingerprint density at radius 3 is 2.02 bits per heavy atom. The van der Waals surface area contributed by atoms with Gasteiger partial charge in [-0.1, -0.05) is 65.8 Å². The Kier molecular flexibility index (Phi) is 6.87. The van der Waals surface area contributed by atoms with Crippen LogP contribution in [0.15, 0.2) is 77.3 Å². The Hall–Kier alpha value is -4.60. The maximum atomic E-state index is 12.8. The monoisotopic (exact) mass is 550 g/mol. The molecule has 10 heteroatoms. The zero-order valence-corrected chi connectivity index (χ0v) is 21.6. The number of nitrogens with one attached hydrogen (secondary N) is 1. The van der Waals surface area contributed by atoms with Gasteiger partial charge in [0.2, 0.25) is 0 Å². The summed E-state index contributed by atoms with van der Waals surface area (Å²) in [7, 11) is 0. The van der Waals surface area contributed by atoms with Gasteiger partial charge in [0.1, 0.15) is 17.5 Å². The highest BCUT2D eigenvalue weighted by atomic mass is 19.4. The maximum absolute atomic E-state index is 12.8. The topological polar surface area (TPSA) is 102 Å². The van der Waals surface area contributed by atoms with Crippen molar-refractivity contribution in [2.24, 2.45) is 0 Å². The smallest absolute Gasteiger partial charge is 0.416 e. The summed E-state index contributed by atoms with van der Waals surface area (Å²) in [4.78, 5) is 24.2. The minimum atomic E-state index is -4.45. The van der Waals surface area contributed by atoms with Crippen LogP contribution in [-0.4, -0.2) is 22.3 Å². The lowest BCUT2D eigenvalue weighted by atomic mass is 9.93. The molecular formula is C30H25F3N2O5. The highest BCUT2D eigenvalue weighted by Gasteiger charge is 2.51. The Bertz CT molecular complexity index is 1540. The molecule has 7 nitrogen and oxygen atoms in total. The van der Waals surface area contributed by atoms with E-state index in [1.165, 1.54) is 12.1 Å². The molecule has 0 radical (unpaired) electrons. The van der Waals surface area contributed by atoms with Gasteiger partial charge in [0, 0.05) is 5.56 Å². The molecular weight excluding hydrogens is 525 g/mol. The third-order valence-electron chi connectivity index (χ3n) is 7.16. The van der Waals surface area contributed by atoms with Gasteiger partial charge >= 0.3 is 18.2 Å². The van der Waals surface area contributed by atoms with Gasteiger partial charge in [0.05, 0.1) is 11.0 Å². The number of carbonyl (C=O) groups excluding carboxylic acids is 1. The molecule has 1 aliphatic rings. The first-order chi connectivity index (χ1) is 19.0. The summed E-state index contributed by atoms with van der Waals surface area (Å²) in [6.07, 6.45) is -4.78. The standard InChI is InChI=1S/C30H25F3N2O5/c1-17-25(34-28(38)39-18(2)19-7-13-24(14-8-19)30(31,32)33)26(40-35-17)22-5-3-20(4-6-22)21-9-11-23(12-10-21)29(15-16-29)27(36)37/h3-14,18H,15-16H2,1-2H3,(H,34,38)(H,36,37). The molecule has 1 atom stereocenters. The lowest BCUT2D eigenvalue weighted by molar-refractivity contribution is -0.140. The van der Waals surface area contributed by atoms with Crippen molar-refractivity contribution >= 4 is 17.7 Å². The number of benzene rings is 3. The highest BCUT2D eigenvalue weighted by Crippen LogP contribution is 2.48. The number of halogens is 3. The fourth-order valence-electron chi connectivity index (χ4n) is 4.56. The van der Waals surface area contributed by atoms with E-state index in [4.69, 9.17) is 9.26 Å². The summed E-state index contributed by atoms with van der Waals surface area (Å²) in [5, 5.41) is 16.1.